The van der Waals surface area contributed by atoms with E-state index in [-0.39, 0.29) is 6.03 Å². The fraction of sp³-hybridized carbons (Fsp3) is 0.195. The van der Waals surface area contributed by atoms with Crippen LogP contribution in [0.2, 0.25) is 0 Å². The summed E-state index contributed by atoms with van der Waals surface area (Å²) in [5.74, 6) is 0. The number of carbonyl (C=O) groups is 1. The number of anilines is 2. The van der Waals surface area contributed by atoms with Gasteiger partial charge in [0, 0.05) is 10.8 Å². The molecular weight excluding hydrogens is 568 g/mol. The molecule has 4 atom stereocenters. The number of aliphatic hydroxyl groups excluding tert-OH is 2. The Bertz CT molecular complexity index is 1870. The monoisotopic (exact) mass is 606 g/mol. The van der Waals surface area contributed by atoms with E-state index in [1.165, 1.54) is 0 Å². The second-order valence-corrected chi connectivity index (χ2v) is 12.4. The molecule has 230 valence electrons. The Kier molecular flexibility index (Phi) is 8.03. The van der Waals surface area contributed by atoms with Crippen molar-refractivity contribution in [2.75, 3.05) is 9.80 Å². The van der Waals surface area contributed by atoms with Crippen molar-refractivity contribution in [2.45, 2.75) is 51.0 Å². The summed E-state index contributed by atoms with van der Waals surface area (Å²) in [4.78, 5) is 19.2. The number of rotatable bonds is 6. The zero-order chi connectivity index (χ0) is 31.8. The van der Waals surface area contributed by atoms with Crippen LogP contribution in [0.4, 0.5) is 16.2 Å². The Hall–Kier alpha value is -4.97. The molecule has 0 aliphatic carbocycles. The van der Waals surface area contributed by atoms with Crippen LogP contribution < -0.4 is 9.80 Å². The molecule has 5 nitrogen and oxygen atoms in total. The number of fused-ring (bicyclic) bond motifs is 2. The summed E-state index contributed by atoms with van der Waals surface area (Å²) in [6.45, 7) is 4.02. The molecule has 2 N–H and O–H groups in total. The lowest BCUT2D eigenvalue weighted by Crippen LogP contribution is -2.52. The molecule has 0 unspecified atom stereocenters. The minimum absolute atomic E-state index is 0.267. The molecule has 1 aliphatic heterocycles. The lowest BCUT2D eigenvalue weighted by molar-refractivity contribution is -0.00480. The molecule has 6 aromatic rings. The average Bonchev–Trinajstić information content (AvgIpc) is 3.15. The quantitative estimate of drug-likeness (QED) is 0.202. The van der Waals surface area contributed by atoms with E-state index >= 15 is 4.79 Å². The van der Waals surface area contributed by atoms with Gasteiger partial charge in [0.15, 0.2) is 0 Å². The molecule has 0 radical (unpaired) electrons. The van der Waals surface area contributed by atoms with Crippen LogP contribution in [0.3, 0.4) is 0 Å². The summed E-state index contributed by atoms with van der Waals surface area (Å²) in [6.07, 6.45) is -1.74. The van der Waals surface area contributed by atoms with Gasteiger partial charge in [-0.15, -0.1) is 0 Å². The van der Waals surface area contributed by atoms with Crippen LogP contribution in [-0.4, -0.2) is 40.5 Å². The fourth-order valence-corrected chi connectivity index (χ4v) is 7.19. The number of aryl methyl sites for hydroxylation is 2. The van der Waals surface area contributed by atoms with Gasteiger partial charge >= 0.3 is 6.03 Å². The lowest BCUT2D eigenvalue weighted by atomic mass is 9.90. The van der Waals surface area contributed by atoms with Gasteiger partial charge in [-0.3, -0.25) is 9.80 Å². The summed E-state index contributed by atoms with van der Waals surface area (Å²) in [7, 11) is 0. The van der Waals surface area contributed by atoms with Gasteiger partial charge in [0.2, 0.25) is 0 Å². The molecule has 1 heterocycles. The third kappa shape index (κ3) is 5.32. The van der Waals surface area contributed by atoms with Crippen molar-refractivity contribution in [1.29, 1.82) is 0 Å². The second-order valence-electron chi connectivity index (χ2n) is 12.4. The fourth-order valence-electron chi connectivity index (χ4n) is 7.19. The van der Waals surface area contributed by atoms with Crippen LogP contribution >= 0.6 is 0 Å². The maximum Gasteiger partial charge on any atom is 0.329 e. The molecule has 1 aliphatic rings. The summed E-state index contributed by atoms with van der Waals surface area (Å²) in [5, 5.41) is 28.5. The van der Waals surface area contributed by atoms with Crippen LogP contribution in [0.25, 0.3) is 21.5 Å². The third-order valence-corrected chi connectivity index (χ3v) is 9.48. The number of amides is 2. The molecule has 1 saturated heterocycles. The number of nitrogens with zero attached hydrogens (tertiary/aromatic N) is 2. The van der Waals surface area contributed by atoms with Gasteiger partial charge in [-0.2, -0.15) is 0 Å². The summed E-state index contributed by atoms with van der Waals surface area (Å²) in [6, 6.07) is 42.4. The van der Waals surface area contributed by atoms with Crippen molar-refractivity contribution in [1.82, 2.24) is 0 Å². The van der Waals surface area contributed by atoms with E-state index in [9.17, 15) is 10.2 Å². The van der Waals surface area contributed by atoms with Crippen molar-refractivity contribution in [2.24, 2.45) is 0 Å². The molecule has 2 amide bonds. The molecule has 0 saturated carbocycles. The van der Waals surface area contributed by atoms with Crippen LogP contribution in [0.15, 0.2) is 133 Å². The molecule has 5 heteroatoms. The van der Waals surface area contributed by atoms with Crippen LogP contribution in [0, 0.1) is 13.8 Å². The summed E-state index contributed by atoms with van der Waals surface area (Å²) in [5.41, 5.74) is 5.29. The number of carbonyl (C=O) groups excluding carboxylic acids is 1. The predicted octanol–water partition coefficient (Wildman–Crippen LogP) is 8.00. The molecule has 0 aromatic heterocycles. The smallest absolute Gasteiger partial charge is 0.329 e. The Labute approximate surface area is 270 Å². The van der Waals surface area contributed by atoms with Gasteiger partial charge in [-0.05, 0) is 59.7 Å². The van der Waals surface area contributed by atoms with Crippen LogP contribution in [0.5, 0.6) is 0 Å². The highest BCUT2D eigenvalue weighted by atomic mass is 16.3. The van der Waals surface area contributed by atoms with Gasteiger partial charge in [0.25, 0.3) is 0 Å². The Balaban J connectivity index is 1.52. The zero-order valence-corrected chi connectivity index (χ0v) is 26.1. The van der Waals surface area contributed by atoms with Gasteiger partial charge < -0.3 is 10.2 Å². The van der Waals surface area contributed by atoms with Crippen molar-refractivity contribution in [3.05, 3.63) is 156 Å². The second kappa shape index (κ2) is 12.4. The zero-order valence-electron chi connectivity index (χ0n) is 26.1. The van der Waals surface area contributed by atoms with E-state index in [0.29, 0.717) is 12.8 Å². The highest BCUT2D eigenvalue weighted by Gasteiger charge is 2.48. The standard InChI is InChI=1S/C41H38N2O3/c1-27-21-23-31-17-9-11-19-33(31)37(27)42-35(25-29-13-5-3-6-14-29)39(44)40(45)36(26-30-15-7-4-8-16-30)43(41(42)46)38-28(2)22-24-32-18-10-12-20-34(32)38/h3-24,35-36,39-40,44-45H,25-26H2,1-2H3/t35-,36-,39+,40+/m1/s1. The highest BCUT2D eigenvalue weighted by molar-refractivity contribution is 6.14. The molecule has 0 bridgehead atoms. The number of hydrogen-bond donors (Lipinski definition) is 2. The molecular formula is C41H38N2O3. The number of hydrogen-bond acceptors (Lipinski definition) is 3. The van der Waals surface area contributed by atoms with E-state index in [1.54, 1.807) is 9.80 Å². The van der Waals surface area contributed by atoms with Crippen molar-refractivity contribution >= 4 is 39.0 Å². The Morgan fingerprint density at radius 1 is 0.500 bits per heavy atom. The topological polar surface area (TPSA) is 64.0 Å². The van der Waals surface area contributed by atoms with E-state index < -0.39 is 24.3 Å². The number of urea groups is 1. The van der Waals surface area contributed by atoms with Crippen LogP contribution in [0.1, 0.15) is 22.3 Å². The first-order valence-corrected chi connectivity index (χ1v) is 16.0. The van der Waals surface area contributed by atoms with E-state index in [4.69, 9.17) is 0 Å². The summed E-state index contributed by atoms with van der Waals surface area (Å²) >= 11 is 0. The van der Waals surface area contributed by atoms with Gasteiger partial charge in [0.1, 0.15) is 12.2 Å². The first-order valence-electron chi connectivity index (χ1n) is 16.0. The largest absolute Gasteiger partial charge is 0.388 e. The highest BCUT2D eigenvalue weighted by Crippen LogP contribution is 2.41. The van der Waals surface area contributed by atoms with E-state index in [2.05, 4.69) is 12.1 Å². The maximum absolute atomic E-state index is 15.7. The minimum atomic E-state index is -1.24. The molecule has 0 spiro atoms. The molecule has 7 rings (SSSR count). The van der Waals surface area contributed by atoms with Gasteiger partial charge in [0.05, 0.1) is 23.5 Å². The van der Waals surface area contributed by atoms with Gasteiger partial charge in [-0.1, -0.05) is 133 Å². The van der Waals surface area contributed by atoms with Crippen molar-refractivity contribution in [3.8, 4) is 0 Å². The SMILES string of the molecule is Cc1ccc2ccccc2c1N1C(=O)N(c2c(C)ccc3ccccc23)[C@H](Cc2ccccc2)[C@H](O)[C@@H](O)[C@H]1Cc1ccccc1. The minimum Gasteiger partial charge on any atom is -0.388 e. The first kappa shape index (κ1) is 29.7. The van der Waals surface area contributed by atoms with Crippen molar-refractivity contribution in [3.63, 3.8) is 0 Å². The molecule has 1 fully saturated rings. The normalized spacial score (nSPS) is 20.3. The number of aliphatic hydroxyl groups is 2. The predicted molar refractivity (Wildman–Crippen MR) is 188 cm³/mol. The van der Waals surface area contributed by atoms with E-state index in [0.717, 1.165) is 55.2 Å². The van der Waals surface area contributed by atoms with Crippen molar-refractivity contribution < 1.29 is 15.0 Å². The summed E-state index contributed by atoms with van der Waals surface area (Å²) < 4.78 is 0. The van der Waals surface area contributed by atoms with Gasteiger partial charge in [-0.25, -0.2) is 4.79 Å². The molecule has 6 aromatic carbocycles. The first-order chi connectivity index (χ1) is 22.4. The third-order valence-electron chi connectivity index (χ3n) is 9.48. The number of benzene rings is 6. The average molecular weight is 607 g/mol. The van der Waals surface area contributed by atoms with E-state index in [1.807, 2.05) is 135 Å². The molecule has 46 heavy (non-hydrogen) atoms. The maximum atomic E-state index is 15.7. The Morgan fingerprint density at radius 2 is 0.870 bits per heavy atom. The Morgan fingerprint density at radius 3 is 1.28 bits per heavy atom. The lowest BCUT2D eigenvalue weighted by Gasteiger charge is -2.38. The van der Waals surface area contributed by atoms with Crippen LogP contribution in [-0.2, 0) is 12.8 Å².